The van der Waals surface area contributed by atoms with Crippen LogP contribution in [0.2, 0.25) is 0 Å². The average molecular weight is 252 g/mol. The van der Waals surface area contributed by atoms with Gasteiger partial charge in [0.25, 0.3) is 0 Å². The van der Waals surface area contributed by atoms with E-state index < -0.39 is 11.9 Å². The molecule has 4 heteroatoms. The predicted molar refractivity (Wildman–Crippen MR) is 66.9 cm³/mol. The monoisotopic (exact) mass is 252 g/mol. The van der Waals surface area contributed by atoms with Crippen molar-refractivity contribution < 1.29 is 19.1 Å². The molecule has 0 spiro atoms. The van der Waals surface area contributed by atoms with Crippen molar-refractivity contribution in [2.45, 2.75) is 39.0 Å². The van der Waals surface area contributed by atoms with E-state index in [1.807, 2.05) is 0 Å². The van der Waals surface area contributed by atoms with Crippen LogP contribution >= 0.6 is 0 Å². The molecule has 1 unspecified atom stereocenters. The van der Waals surface area contributed by atoms with E-state index in [1.165, 1.54) is 14.0 Å². The number of esters is 1. The van der Waals surface area contributed by atoms with Gasteiger partial charge in [-0.15, -0.1) is 0 Å². The molecule has 0 N–H and O–H groups in total. The van der Waals surface area contributed by atoms with Gasteiger partial charge >= 0.3 is 5.97 Å². The van der Waals surface area contributed by atoms with Crippen molar-refractivity contribution in [1.82, 2.24) is 0 Å². The van der Waals surface area contributed by atoms with Crippen molar-refractivity contribution >= 4 is 17.5 Å². The SMILES string of the molecule is C=C(C(=O)OC)C(C(C)=O)C(=O)C1CCCCC1. The molecule has 1 fully saturated rings. The molecule has 0 aromatic carbocycles. The maximum atomic E-state index is 12.3. The predicted octanol–water partition coefficient (Wildman–Crippen LogP) is 2.07. The first-order valence-corrected chi connectivity index (χ1v) is 6.30. The molecular formula is C14H20O4. The fraction of sp³-hybridized carbons (Fsp3) is 0.643. The molecule has 18 heavy (non-hydrogen) atoms. The van der Waals surface area contributed by atoms with E-state index in [4.69, 9.17) is 0 Å². The zero-order valence-electron chi connectivity index (χ0n) is 11.0. The summed E-state index contributed by atoms with van der Waals surface area (Å²) < 4.78 is 4.54. The second kappa shape index (κ2) is 6.47. The Balaban J connectivity index is 2.84. The first kappa shape index (κ1) is 14.6. The van der Waals surface area contributed by atoms with E-state index in [-0.39, 0.29) is 23.1 Å². The van der Waals surface area contributed by atoms with E-state index in [0.29, 0.717) is 0 Å². The zero-order valence-corrected chi connectivity index (χ0v) is 11.0. The molecule has 1 rings (SSSR count). The van der Waals surface area contributed by atoms with Gasteiger partial charge in [0.05, 0.1) is 7.11 Å². The fourth-order valence-corrected chi connectivity index (χ4v) is 2.49. The molecule has 0 amide bonds. The quantitative estimate of drug-likeness (QED) is 0.427. The Bertz CT molecular complexity index is 364. The number of carbonyl (C=O) groups is 3. The fourth-order valence-electron chi connectivity index (χ4n) is 2.49. The van der Waals surface area contributed by atoms with Gasteiger partial charge in [0.2, 0.25) is 0 Å². The molecule has 0 heterocycles. The molecule has 0 aromatic heterocycles. The van der Waals surface area contributed by atoms with Crippen LogP contribution in [0.3, 0.4) is 0 Å². The summed E-state index contributed by atoms with van der Waals surface area (Å²) in [5, 5.41) is 0. The van der Waals surface area contributed by atoms with Crippen LogP contribution in [0, 0.1) is 11.8 Å². The molecule has 0 bridgehead atoms. The average Bonchev–Trinajstić information content (AvgIpc) is 2.38. The molecular weight excluding hydrogens is 232 g/mol. The lowest BCUT2D eigenvalue weighted by molar-refractivity contribution is -0.141. The smallest absolute Gasteiger partial charge is 0.334 e. The third-order valence-electron chi connectivity index (χ3n) is 3.49. The maximum Gasteiger partial charge on any atom is 0.334 e. The Labute approximate surface area is 107 Å². The van der Waals surface area contributed by atoms with Crippen LogP contribution in [0.4, 0.5) is 0 Å². The van der Waals surface area contributed by atoms with Crippen molar-refractivity contribution in [3.8, 4) is 0 Å². The lowest BCUT2D eigenvalue weighted by Crippen LogP contribution is -2.33. The lowest BCUT2D eigenvalue weighted by Gasteiger charge is -2.24. The minimum atomic E-state index is -1.03. The summed E-state index contributed by atoms with van der Waals surface area (Å²) in [6.07, 6.45) is 4.75. The third kappa shape index (κ3) is 3.28. The number of methoxy groups -OCH3 is 1. The number of carbonyl (C=O) groups excluding carboxylic acids is 3. The summed E-state index contributed by atoms with van der Waals surface area (Å²) in [4.78, 5) is 35.3. The normalized spacial score (nSPS) is 17.9. The van der Waals surface area contributed by atoms with Crippen molar-refractivity contribution in [2.24, 2.45) is 11.8 Å². The molecule has 1 atom stereocenters. The standard InChI is InChI=1S/C14H20O4/c1-9(14(17)18-3)12(10(2)15)13(16)11-7-5-4-6-8-11/h11-12H,1,4-8H2,2-3H3. The Morgan fingerprint density at radius 3 is 2.17 bits per heavy atom. The molecule has 100 valence electrons. The highest BCUT2D eigenvalue weighted by molar-refractivity contribution is 6.11. The zero-order chi connectivity index (χ0) is 13.7. The second-order valence-corrected chi connectivity index (χ2v) is 4.80. The number of ketones is 2. The largest absolute Gasteiger partial charge is 0.466 e. The lowest BCUT2D eigenvalue weighted by atomic mass is 9.78. The highest BCUT2D eigenvalue weighted by atomic mass is 16.5. The molecule has 1 aliphatic carbocycles. The number of Topliss-reactive ketones (excluding diaryl/α,β-unsaturated/α-hetero) is 2. The van der Waals surface area contributed by atoms with Crippen LogP contribution in [0.5, 0.6) is 0 Å². The maximum absolute atomic E-state index is 12.3. The third-order valence-corrected chi connectivity index (χ3v) is 3.49. The van der Waals surface area contributed by atoms with Gasteiger partial charge in [-0.3, -0.25) is 9.59 Å². The Morgan fingerprint density at radius 2 is 1.72 bits per heavy atom. The van der Waals surface area contributed by atoms with Gasteiger partial charge in [0.1, 0.15) is 11.7 Å². The molecule has 0 radical (unpaired) electrons. The summed E-state index contributed by atoms with van der Waals surface area (Å²) in [5.74, 6) is -2.33. The second-order valence-electron chi connectivity index (χ2n) is 4.80. The minimum absolute atomic E-state index is 0.0411. The van der Waals surface area contributed by atoms with Crippen LogP contribution < -0.4 is 0 Å². The molecule has 0 aromatic rings. The highest BCUT2D eigenvalue weighted by Crippen LogP contribution is 2.29. The van der Waals surface area contributed by atoms with E-state index >= 15 is 0 Å². The summed E-state index contributed by atoms with van der Waals surface area (Å²) in [6.45, 7) is 4.87. The Morgan fingerprint density at radius 1 is 1.17 bits per heavy atom. The van der Waals surface area contributed by atoms with E-state index in [1.54, 1.807) is 0 Å². The number of hydrogen-bond donors (Lipinski definition) is 0. The van der Waals surface area contributed by atoms with Gasteiger partial charge < -0.3 is 4.74 Å². The molecule has 0 saturated heterocycles. The van der Waals surface area contributed by atoms with Gasteiger partial charge in [-0.25, -0.2) is 4.79 Å². The summed E-state index contributed by atoms with van der Waals surface area (Å²) in [5.41, 5.74) is -0.0411. The van der Waals surface area contributed by atoms with Crippen LogP contribution in [0.15, 0.2) is 12.2 Å². The van der Waals surface area contributed by atoms with Crippen LogP contribution in [-0.2, 0) is 19.1 Å². The van der Waals surface area contributed by atoms with E-state index in [2.05, 4.69) is 11.3 Å². The summed E-state index contributed by atoms with van der Waals surface area (Å²) in [6, 6.07) is 0. The van der Waals surface area contributed by atoms with Gasteiger partial charge in [0, 0.05) is 11.5 Å². The van der Waals surface area contributed by atoms with Crippen molar-refractivity contribution in [3.63, 3.8) is 0 Å². The summed E-state index contributed by atoms with van der Waals surface area (Å²) in [7, 11) is 1.22. The summed E-state index contributed by atoms with van der Waals surface area (Å²) >= 11 is 0. The van der Waals surface area contributed by atoms with Crippen LogP contribution in [0.25, 0.3) is 0 Å². The van der Waals surface area contributed by atoms with Gasteiger partial charge in [-0.05, 0) is 19.8 Å². The van der Waals surface area contributed by atoms with Gasteiger partial charge in [0.15, 0.2) is 5.78 Å². The van der Waals surface area contributed by atoms with Crippen LogP contribution in [0.1, 0.15) is 39.0 Å². The van der Waals surface area contributed by atoms with Crippen molar-refractivity contribution in [3.05, 3.63) is 12.2 Å². The van der Waals surface area contributed by atoms with Crippen molar-refractivity contribution in [2.75, 3.05) is 7.11 Å². The van der Waals surface area contributed by atoms with Gasteiger partial charge in [-0.2, -0.15) is 0 Å². The Hall–Kier alpha value is -1.45. The minimum Gasteiger partial charge on any atom is -0.466 e. The first-order valence-electron chi connectivity index (χ1n) is 6.30. The van der Waals surface area contributed by atoms with E-state index in [9.17, 15) is 14.4 Å². The topological polar surface area (TPSA) is 60.4 Å². The number of rotatable bonds is 5. The molecule has 1 saturated carbocycles. The number of hydrogen-bond acceptors (Lipinski definition) is 4. The molecule has 4 nitrogen and oxygen atoms in total. The van der Waals surface area contributed by atoms with Crippen LogP contribution in [-0.4, -0.2) is 24.6 Å². The van der Waals surface area contributed by atoms with Gasteiger partial charge in [-0.1, -0.05) is 25.8 Å². The Kier molecular flexibility index (Phi) is 5.25. The molecule has 0 aliphatic heterocycles. The highest BCUT2D eigenvalue weighted by Gasteiger charge is 2.35. The molecule has 1 aliphatic rings. The number of ether oxygens (including phenoxy) is 1. The van der Waals surface area contributed by atoms with Crippen molar-refractivity contribution in [1.29, 1.82) is 0 Å². The van der Waals surface area contributed by atoms with E-state index in [0.717, 1.165) is 32.1 Å². The first-order chi connectivity index (χ1) is 8.49.